The summed E-state index contributed by atoms with van der Waals surface area (Å²) >= 11 is 0. The van der Waals surface area contributed by atoms with E-state index in [9.17, 15) is 0 Å². The first kappa shape index (κ1) is 6.00. The summed E-state index contributed by atoms with van der Waals surface area (Å²) in [6, 6.07) is 8.20. The van der Waals surface area contributed by atoms with Crippen LogP contribution in [-0.2, 0) is 4.74 Å². The molecule has 0 saturated heterocycles. The van der Waals surface area contributed by atoms with Gasteiger partial charge in [-0.2, -0.15) is 0 Å². The lowest BCUT2D eigenvalue weighted by atomic mass is 10.1. The Kier molecular flexibility index (Phi) is 0.987. The van der Waals surface area contributed by atoms with Crippen molar-refractivity contribution in [2.75, 3.05) is 6.73 Å². The standard InChI is InChI=1S/C10H7NO/c1-2-4-8-7(3-1)5-9-10(8)11-6-12-9/h1-5H,6H2. The van der Waals surface area contributed by atoms with Crippen molar-refractivity contribution in [2.45, 2.75) is 0 Å². The summed E-state index contributed by atoms with van der Waals surface area (Å²) in [4.78, 5) is 4.27. The van der Waals surface area contributed by atoms with Crippen LogP contribution < -0.4 is 0 Å². The molecule has 12 heavy (non-hydrogen) atoms. The normalized spacial score (nSPS) is 17.7. The Hall–Kier alpha value is -1.57. The minimum atomic E-state index is 0.482. The van der Waals surface area contributed by atoms with Gasteiger partial charge >= 0.3 is 0 Å². The van der Waals surface area contributed by atoms with Crippen molar-refractivity contribution in [2.24, 2.45) is 4.99 Å². The van der Waals surface area contributed by atoms with Crippen LogP contribution in [0.25, 0.3) is 6.08 Å². The molecular weight excluding hydrogens is 150 g/mol. The van der Waals surface area contributed by atoms with Gasteiger partial charge < -0.3 is 4.74 Å². The van der Waals surface area contributed by atoms with E-state index in [0.29, 0.717) is 6.73 Å². The molecule has 1 aromatic rings. The molecule has 0 saturated carbocycles. The van der Waals surface area contributed by atoms with Crippen LogP contribution in [0.4, 0.5) is 0 Å². The summed E-state index contributed by atoms with van der Waals surface area (Å²) in [7, 11) is 0. The number of ether oxygens (including phenoxy) is 1. The third-order valence-electron chi connectivity index (χ3n) is 2.18. The van der Waals surface area contributed by atoms with Gasteiger partial charge in [-0.15, -0.1) is 0 Å². The number of nitrogens with zero attached hydrogens (tertiary/aromatic N) is 1. The quantitative estimate of drug-likeness (QED) is 0.563. The lowest BCUT2D eigenvalue weighted by molar-refractivity contribution is 0.265. The van der Waals surface area contributed by atoms with Gasteiger partial charge in [0.2, 0.25) is 0 Å². The molecule has 1 aliphatic heterocycles. The molecular formula is C10H7NO. The molecule has 0 bridgehead atoms. The van der Waals surface area contributed by atoms with Gasteiger partial charge in [0.25, 0.3) is 0 Å². The fourth-order valence-corrected chi connectivity index (χ4v) is 1.62. The zero-order valence-electron chi connectivity index (χ0n) is 6.45. The Morgan fingerprint density at radius 1 is 1.25 bits per heavy atom. The second-order valence-electron chi connectivity index (χ2n) is 2.88. The number of fused-ring (bicyclic) bond motifs is 3. The number of rotatable bonds is 0. The number of aliphatic imine (C=N–C) groups is 1. The molecule has 0 spiro atoms. The minimum absolute atomic E-state index is 0.482. The zero-order valence-corrected chi connectivity index (χ0v) is 6.45. The fraction of sp³-hybridized carbons (Fsp3) is 0.100. The van der Waals surface area contributed by atoms with E-state index in [0.717, 1.165) is 11.5 Å². The Morgan fingerprint density at radius 2 is 2.17 bits per heavy atom. The lowest BCUT2D eigenvalue weighted by Gasteiger charge is -1.94. The van der Waals surface area contributed by atoms with Crippen LogP contribution in [0.15, 0.2) is 35.0 Å². The molecule has 2 nitrogen and oxygen atoms in total. The molecule has 1 heterocycles. The molecule has 0 aromatic heterocycles. The van der Waals surface area contributed by atoms with Gasteiger partial charge in [-0.05, 0) is 11.6 Å². The first-order valence-corrected chi connectivity index (χ1v) is 3.94. The highest BCUT2D eigenvalue weighted by molar-refractivity contribution is 6.20. The number of benzene rings is 1. The minimum Gasteiger partial charge on any atom is -0.469 e. The van der Waals surface area contributed by atoms with Crippen molar-refractivity contribution in [3.05, 3.63) is 41.2 Å². The maximum absolute atomic E-state index is 5.32. The molecule has 2 heteroatoms. The maximum atomic E-state index is 5.32. The van der Waals surface area contributed by atoms with Gasteiger partial charge in [-0.1, -0.05) is 24.3 Å². The van der Waals surface area contributed by atoms with E-state index >= 15 is 0 Å². The van der Waals surface area contributed by atoms with Crippen LogP contribution in [-0.4, -0.2) is 12.4 Å². The van der Waals surface area contributed by atoms with Gasteiger partial charge in [0.1, 0.15) is 11.5 Å². The predicted octanol–water partition coefficient (Wildman–Crippen LogP) is 1.82. The lowest BCUT2D eigenvalue weighted by Crippen LogP contribution is -1.94. The molecule has 0 unspecified atom stereocenters. The maximum Gasteiger partial charge on any atom is 0.180 e. The Balaban J connectivity index is 2.29. The molecule has 2 aliphatic rings. The summed E-state index contributed by atoms with van der Waals surface area (Å²) in [6.45, 7) is 0.482. The van der Waals surface area contributed by atoms with Gasteiger partial charge in [0.15, 0.2) is 6.73 Å². The van der Waals surface area contributed by atoms with Crippen LogP contribution in [0.5, 0.6) is 0 Å². The molecule has 58 valence electrons. The highest BCUT2D eigenvalue weighted by Gasteiger charge is 2.24. The predicted molar refractivity (Wildman–Crippen MR) is 46.9 cm³/mol. The highest BCUT2D eigenvalue weighted by Crippen LogP contribution is 2.28. The highest BCUT2D eigenvalue weighted by atomic mass is 16.5. The first-order valence-electron chi connectivity index (χ1n) is 3.94. The van der Waals surface area contributed by atoms with Gasteiger partial charge in [-0.25, -0.2) is 4.99 Å². The van der Waals surface area contributed by atoms with Crippen molar-refractivity contribution in [1.29, 1.82) is 0 Å². The number of hydrogen-bond donors (Lipinski definition) is 0. The summed E-state index contributed by atoms with van der Waals surface area (Å²) in [5.41, 5.74) is 3.43. The van der Waals surface area contributed by atoms with E-state index in [1.807, 2.05) is 18.2 Å². The summed E-state index contributed by atoms with van der Waals surface area (Å²) in [5.74, 6) is 0.927. The Morgan fingerprint density at radius 3 is 3.17 bits per heavy atom. The molecule has 0 amide bonds. The van der Waals surface area contributed by atoms with Crippen molar-refractivity contribution in [3.8, 4) is 0 Å². The second kappa shape index (κ2) is 1.97. The smallest absolute Gasteiger partial charge is 0.180 e. The molecule has 3 rings (SSSR count). The zero-order chi connectivity index (χ0) is 7.97. The molecule has 0 radical (unpaired) electrons. The fourth-order valence-electron chi connectivity index (χ4n) is 1.62. The van der Waals surface area contributed by atoms with Crippen LogP contribution in [0.2, 0.25) is 0 Å². The monoisotopic (exact) mass is 157 g/mol. The van der Waals surface area contributed by atoms with Crippen LogP contribution in [0, 0.1) is 0 Å². The third-order valence-corrected chi connectivity index (χ3v) is 2.18. The van der Waals surface area contributed by atoms with Crippen molar-refractivity contribution in [3.63, 3.8) is 0 Å². The van der Waals surface area contributed by atoms with E-state index in [4.69, 9.17) is 4.74 Å². The Labute approximate surface area is 70.2 Å². The molecule has 0 atom stereocenters. The van der Waals surface area contributed by atoms with Crippen LogP contribution >= 0.6 is 0 Å². The van der Waals surface area contributed by atoms with Gasteiger partial charge in [-0.3, -0.25) is 0 Å². The van der Waals surface area contributed by atoms with E-state index in [2.05, 4.69) is 17.1 Å². The molecule has 1 aliphatic carbocycles. The SMILES string of the molecule is C1=C2OCN=C2c2ccccc21. The van der Waals surface area contributed by atoms with E-state index in [1.165, 1.54) is 11.1 Å². The summed E-state index contributed by atoms with van der Waals surface area (Å²) in [6.07, 6.45) is 2.04. The van der Waals surface area contributed by atoms with Crippen molar-refractivity contribution in [1.82, 2.24) is 0 Å². The van der Waals surface area contributed by atoms with Crippen molar-refractivity contribution >= 4 is 11.8 Å². The van der Waals surface area contributed by atoms with E-state index < -0.39 is 0 Å². The third kappa shape index (κ3) is 0.619. The Bertz CT molecular complexity index is 404. The molecule has 1 aromatic carbocycles. The summed E-state index contributed by atoms with van der Waals surface area (Å²) < 4.78 is 5.32. The van der Waals surface area contributed by atoms with Crippen LogP contribution in [0.1, 0.15) is 11.1 Å². The molecule has 0 fully saturated rings. The van der Waals surface area contributed by atoms with Crippen LogP contribution in [0.3, 0.4) is 0 Å². The topological polar surface area (TPSA) is 21.6 Å². The summed E-state index contributed by atoms with van der Waals surface area (Å²) in [5, 5.41) is 0. The van der Waals surface area contributed by atoms with Gasteiger partial charge in [0, 0.05) is 5.56 Å². The average molecular weight is 157 g/mol. The second-order valence-corrected chi connectivity index (χ2v) is 2.88. The van der Waals surface area contributed by atoms with E-state index in [-0.39, 0.29) is 0 Å². The van der Waals surface area contributed by atoms with E-state index in [1.54, 1.807) is 0 Å². The average Bonchev–Trinajstić information content (AvgIpc) is 2.62. The number of allylic oxidation sites excluding steroid dienone is 1. The molecule has 0 N–H and O–H groups in total. The largest absolute Gasteiger partial charge is 0.469 e. The number of hydrogen-bond acceptors (Lipinski definition) is 2. The first-order chi connectivity index (χ1) is 5.95. The van der Waals surface area contributed by atoms with Crippen molar-refractivity contribution < 1.29 is 4.74 Å². The van der Waals surface area contributed by atoms with Gasteiger partial charge in [0.05, 0.1) is 0 Å².